The number of alkyl halides is 3. The number of carbonyl (C=O) groups excluding carboxylic acids is 1. The molecule has 2 rings (SSSR count). The Hall–Kier alpha value is -2.39. The minimum absolute atomic E-state index is 0.0826. The van der Waals surface area contributed by atoms with Gasteiger partial charge in [-0.1, -0.05) is 0 Å². The van der Waals surface area contributed by atoms with Gasteiger partial charge in [-0.2, -0.15) is 13.2 Å². The fourth-order valence-electron chi connectivity index (χ4n) is 1.91. The normalized spacial score (nSPS) is 16.0. The molecule has 0 aromatic carbocycles. The topological polar surface area (TPSA) is 86.6 Å². The molecular formula is C11H11F3N4O3. The lowest BCUT2D eigenvalue weighted by Gasteiger charge is -2.35. The molecule has 0 atom stereocenters. The van der Waals surface area contributed by atoms with Gasteiger partial charge in [-0.3, -0.25) is 4.79 Å². The Labute approximate surface area is 117 Å². The monoisotopic (exact) mass is 304 g/mol. The maximum atomic E-state index is 12.3. The summed E-state index contributed by atoms with van der Waals surface area (Å²) in [4.78, 5) is 31.7. The molecule has 1 aromatic rings. The van der Waals surface area contributed by atoms with E-state index in [4.69, 9.17) is 5.11 Å². The number of halogens is 3. The van der Waals surface area contributed by atoms with Crippen molar-refractivity contribution in [3.63, 3.8) is 0 Å². The van der Waals surface area contributed by atoms with Crippen molar-refractivity contribution in [2.75, 3.05) is 31.1 Å². The second-order valence-corrected chi connectivity index (χ2v) is 4.34. The molecular weight excluding hydrogens is 293 g/mol. The van der Waals surface area contributed by atoms with Crippen molar-refractivity contribution in [3.8, 4) is 0 Å². The number of aromatic nitrogens is 2. The molecule has 0 aliphatic carbocycles. The van der Waals surface area contributed by atoms with E-state index >= 15 is 0 Å². The Kier molecular flexibility index (Phi) is 3.96. The van der Waals surface area contributed by atoms with E-state index in [2.05, 4.69) is 9.97 Å². The van der Waals surface area contributed by atoms with Crippen LogP contribution in [0.3, 0.4) is 0 Å². The van der Waals surface area contributed by atoms with Crippen molar-refractivity contribution in [2.45, 2.75) is 6.18 Å². The highest BCUT2D eigenvalue weighted by Crippen LogP contribution is 2.20. The van der Waals surface area contributed by atoms with E-state index in [1.54, 1.807) is 4.90 Å². The van der Waals surface area contributed by atoms with Crippen LogP contribution in [0.4, 0.5) is 19.0 Å². The molecule has 0 unspecified atom stereocenters. The molecule has 2 heterocycles. The molecule has 1 aromatic heterocycles. The van der Waals surface area contributed by atoms with Gasteiger partial charge in [0.1, 0.15) is 5.82 Å². The van der Waals surface area contributed by atoms with Crippen LogP contribution in [-0.4, -0.2) is 64.2 Å². The summed E-state index contributed by atoms with van der Waals surface area (Å²) >= 11 is 0. The molecule has 21 heavy (non-hydrogen) atoms. The average Bonchev–Trinajstić information content (AvgIpc) is 2.46. The van der Waals surface area contributed by atoms with E-state index < -0.39 is 18.1 Å². The standard InChI is InChI=1S/C11H11F3N4O3/c12-11(13,14)10(21)18-3-1-17(2-4-18)8-6-15-7(5-16-8)9(19)20/h5-6H,1-4H2,(H,19,20). The molecule has 1 N–H and O–H groups in total. The fraction of sp³-hybridized carbons (Fsp3) is 0.455. The molecule has 7 nitrogen and oxygen atoms in total. The highest BCUT2D eigenvalue weighted by Gasteiger charge is 2.43. The zero-order valence-electron chi connectivity index (χ0n) is 10.7. The van der Waals surface area contributed by atoms with E-state index in [0.29, 0.717) is 5.82 Å². The zero-order valence-corrected chi connectivity index (χ0v) is 10.7. The van der Waals surface area contributed by atoms with Gasteiger partial charge in [0.25, 0.3) is 0 Å². The number of hydrogen-bond acceptors (Lipinski definition) is 5. The van der Waals surface area contributed by atoms with E-state index in [1.807, 2.05) is 0 Å². The second kappa shape index (κ2) is 5.54. The quantitative estimate of drug-likeness (QED) is 0.850. The lowest BCUT2D eigenvalue weighted by atomic mass is 10.3. The van der Waals surface area contributed by atoms with Crippen LogP contribution in [-0.2, 0) is 4.79 Å². The Balaban J connectivity index is 1.98. The van der Waals surface area contributed by atoms with Gasteiger partial charge in [0.2, 0.25) is 0 Å². The van der Waals surface area contributed by atoms with Crippen LogP contribution >= 0.6 is 0 Å². The average molecular weight is 304 g/mol. The highest BCUT2D eigenvalue weighted by atomic mass is 19.4. The van der Waals surface area contributed by atoms with Crippen LogP contribution in [0.15, 0.2) is 12.4 Å². The molecule has 0 spiro atoms. The highest BCUT2D eigenvalue weighted by molar-refractivity contribution is 5.85. The Morgan fingerprint density at radius 1 is 1.10 bits per heavy atom. The number of anilines is 1. The van der Waals surface area contributed by atoms with Gasteiger partial charge < -0.3 is 14.9 Å². The number of piperazine rings is 1. The van der Waals surface area contributed by atoms with Crippen molar-refractivity contribution in [3.05, 3.63) is 18.1 Å². The molecule has 114 valence electrons. The van der Waals surface area contributed by atoms with Crippen LogP contribution in [0, 0.1) is 0 Å². The minimum atomic E-state index is -4.87. The summed E-state index contributed by atoms with van der Waals surface area (Å²) in [5.41, 5.74) is -0.218. The molecule has 1 aliphatic heterocycles. The predicted molar refractivity (Wildman–Crippen MR) is 63.8 cm³/mol. The number of amides is 1. The third-order valence-electron chi connectivity index (χ3n) is 2.99. The number of aromatic carboxylic acids is 1. The molecule has 0 radical (unpaired) electrons. The molecule has 0 bridgehead atoms. The number of nitrogens with zero attached hydrogens (tertiary/aromatic N) is 4. The van der Waals surface area contributed by atoms with Crippen LogP contribution < -0.4 is 4.90 Å². The Morgan fingerprint density at radius 3 is 2.14 bits per heavy atom. The summed E-state index contributed by atoms with van der Waals surface area (Å²) in [6.07, 6.45) is -2.55. The maximum Gasteiger partial charge on any atom is 0.471 e. The molecule has 1 saturated heterocycles. The zero-order chi connectivity index (χ0) is 15.6. The lowest BCUT2D eigenvalue weighted by molar-refractivity contribution is -0.185. The summed E-state index contributed by atoms with van der Waals surface area (Å²) in [6.45, 7) is 0.174. The summed E-state index contributed by atoms with van der Waals surface area (Å²) in [5, 5.41) is 8.69. The Morgan fingerprint density at radius 2 is 1.71 bits per heavy atom. The number of hydrogen-bond donors (Lipinski definition) is 1. The van der Waals surface area contributed by atoms with Gasteiger partial charge in [-0.15, -0.1) is 0 Å². The van der Waals surface area contributed by atoms with Crippen LogP contribution in [0.1, 0.15) is 10.5 Å². The van der Waals surface area contributed by atoms with Crippen molar-refractivity contribution in [2.24, 2.45) is 0 Å². The Bertz CT molecular complexity index is 539. The van der Waals surface area contributed by atoms with Crippen molar-refractivity contribution in [1.29, 1.82) is 0 Å². The fourth-order valence-corrected chi connectivity index (χ4v) is 1.91. The number of carboxylic acids is 1. The van der Waals surface area contributed by atoms with Crippen molar-refractivity contribution in [1.82, 2.24) is 14.9 Å². The van der Waals surface area contributed by atoms with Crippen LogP contribution in [0.5, 0.6) is 0 Å². The first-order chi connectivity index (χ1) is 9.79. The first kappa shape index (κ1) is 15.0. The van der Waals surface area contributed by atoms with Gasteiger partial charge in [0.05, 0.1) is 12.4 Å². The second-order valence-electron chi connectivity index (χ2n) is 4.34. The third kappa shape index (κ3) is 3.38. The van der Waals surface area contributed by atoms with Gasteiger partial charge in [-0.05, 0) is 0 Å². The molecule has 1 fully saturated rings. The maximum absolute atomic E-state index is 12.3. The van der Waals surface area contributed by atoms with E-state index in [1.165, 1.54) is 6.20 Å². The van der Waals surface area contributed by atoms with Crippen LogP contribution in [0.25, 0.3) is 0 Å². The van der Waals surface area contributed by atoms with Crippen LogP contribution in [0.2, 0.25) is 0 Å². The summed E-state index contributed by atoms with van der Waals surface area (Å²) in [7, 11) is 0. The van der Waals surface area contributed by atoms with E-state index in [9.17, 15) is 22.8 Å². The largest absolute Gasteiger partial charge is 0.476 e. The third-order valence-corrected chi connectivity index (χ3v) is 2.99. The molecule has 0 saturated carbocycles. The van der Waals surface area contributed by atoms with Gasteiger partial charge in [-0.25, -0.2) is 14.8 Å². The van der Waals surface area contributed by atoms with Gasteiger partial charge in [0, 0.05) is 26.2 Å². The first-order valence-corrected chi connectivity index (χ1v) is 5.95. The SMILES string of the molecule is O=C(O)c1cnc(N2CCN(C(=O)C(F)(F)F)CC2)cn1. The first-order valence-electron chi connectivity index (χ1n) is 5.95. The lowest BCUT2D eigenvalue weighted by Crippen LogP contribution is -2.52. The number of rotatable bonds is 2. The van der Waals surface area contributed by atoms with E-state index in [-0.39, 0.29) is 31.9 Å². The van der Waals surface area contributed by atoms with Gasteiger partial charge in [0.15, 0.2) is 5.69 Å². The molecule has 10 heteroatoms. The van der Waals surface area contributed by atoms with Gasteiger partial charge >= 0.3 is 18.1 Å². The molecule has 1 amide bonds. The minimum Gasteiger partial charge on any atom is -0.476 e. The predicted octanol–water partition coefficient (Wildman–Crippen LogP) is 0.386. The number of carboxylic acid groups (broad SMARTS) is 1. The summed E-state index contributed by atoms with van der Waals surface area (Å²) < 4.78 is 36.9. The summed E-state index contributed by atoms with van der Waals surface area (Å²) in [5.74, 6) is -2.71. The molecule has 1 aliphatic rings. The van der Waals surface area contributed by atoms with Crippen molar-refractivity contribution < 1.29 is 27.9 Å². The smallest absolute Gasteiger partial charge is 0.471 e. The number of carbonyl (C=O) groups is 2. The summed E-state index contributed by atoms with van der Waals surface area (Å²) in [6, 6.07) is 0. The van der Waals surface area contributed by atoms with Crippen molar-refractivity contribution >= 4 is 17.7 Å². The van der Waals surface area contributed by atoms with E-state index in [0.717, 1.165) is 11.1 Å².